The van der Waals surface area contributed by atoms with Crippen LogP contribution >= 0.6 is 12.2 Å². The van der Waals surface area contributed by atoms with Crippen molar-refractivity contribution in [2.45, 2.75) is 50.4 Å². The van der Waals surface area contributed by atoms with E-state index < -0.39 is 0 Å². The van der Waals surface area contributed by atoms with Crippen LogP contribution in [0.2, 0.25) is 0 Å². The summed E-state index contributed by atoms with van der Waals surface area (Å²) >= 11 is 5.73. The molecule has 0 bridgehead atoms. The topological polar surface area (TPSA) is 65.6 Å². The molecule has 8 heteroatoms. The summed E-state index contributed by atoms with van der Waals surface area (Å²) in [6.07, 6.45) is 8.64. The van der Waals surface area contributed by atoms with Gasteiger partial charge in [0.25, 0.3) is 0 Å². The number of nitrogens with zero attached hydrogens (tertiary/aromatic N) is 4. The number of hydrogen-bond acceptors (Lipinski definition) is 6. The number of morpholine rings is 1. The Hall–Kier alpha value is -2.45. The van der Waals surface area contributed by atoms with Crippen molar-refractivity contribution in [1.82, 2.24) is 15.3 Å². The van der Waals surface area contributed by atoms with Crippen molar-refractivity contribution in [3.8, 4) is 0 Å². The summed E-state index contributed by atoms with van der Waals surface area (Å²) in [4.78, 5) is 14.3. The zero-order valence-electron chi connectivity index (χ0n) is 20.0. The zero-order chi connectivity index (χ0) is 23.2. The molecule has 3 heterocycles. The van der Waals surface area contributed by atoms with Gasteiger partial charge in [-0.25, -0.2) is 0 Å². The minimum Gasteiger partial charge on any atom is -0.378 e. The van der Waals surface area contributed by atoms with Crippen molar-refractivity contribution in [1.29, 1.82) is 0 Å². The summed E-state index contributed by atoms with van der Waals surface area (Å²) < 4.78 is 5.54. The van der Waals surface area contributed by atoms with Crippen LogP contribution in [0.5, 0.6) is 0 Å². The molecule has 0 amide bonds. The number of benzene rings is 1. The molecule has 1 aromatic heterocycles. The van der Waals surface area contributed by atoms with Crippen molar-refractivity contribution in [3.05, 3.63) is 42.0 Å². The van der Waals surface area contributed by atoms with Gasteiger partial charge in [-0.1, -0.05) is 49.6 Å². The molecule has 2 aliphatic heterocycles. The molecule has 2 aromatic rings. The van der Waals surface area contributed by atoms with E-state index in [9.17, 15) is 0 Å². The van der Waals surface area contributed by atoms with Gasteiger partial charge in [-0.05, 0) is 43.5 Å². The van der Waals surface area contributed by atoms with Gasteiger partial charge in [0, 0.05) is 44.2 Å². The second kappa shape index (κ2) is 10.9. The number of nitrogens with one attached hydrogen (secondary N) is 2. The Kier molecular flexibility index (Phi) is 7.45. The van der Waals surface area contributed by atoms with Gasteiger partial charge >= 0.3 is 0 Å². The quantitative estimate of drug-likeness (QED) is 0.599. The largest absolute Gasteiger partial charge is 0.378 e. The molecule has 0 unspecified atom stereocenters. The average molecular weight is 481 g/mol. The smallest absolute Gasteiger partial charge is 0.232 e. The van der Waals surface area contributed by atoms with E-state index in [0.717, 1.165) is 57.6 Å². The molecule has 5 rings (SSSR count). The van der Waals surface area contributed by atoms with Crippen LogP contribution in [0.15, 0.2) is 36.4 Å². The lowest BCUT2D eigenvalue weighted by atomic mass is 9.69. The first-order valence-electron chi connectivity index (χ1n) is 12.8. The summed E-state index contributed by atoms with van der Waals surface area (Å²) in [6.45, 7) is 6.06. The van der Waals surface area contributed by atoms with Gasteiger partial charge in [-0.2, -0.15) is 9.97 Å². The maximum absolute atomic E-state index is 5.73. The second-order valence-electron chi connectivity index (χ2n) is 9.72. The van der Waals surface area contributed by atoms with Gasteiger partial charge < -0.3 is 25.2 Å². The fraction of sp³-hybridized carbons (Fsp3) is 0.577. The van der Waals surface area contributed by atoms with E-state index in [4.69, 9.17) is 26.9 Å². The zero-order valence-corrected chi connectivity index (χ0v) is 20.8. The van der Waals surface area contributed by atoms with E-state index in [1.807, 2.05) is 0 Å². The molecule has 0 radical (unpaired) electrons. The van der Waals surface area contributed by atoms with Crippen LogP contribution in [0, 0.1) is 0 Å². The van der Waals surface area contributed by atoms with Gasteiger partial charge in [0.15, 0.2) is 5.11 Å². The molecule has 1 saturated carbocycles. The fourth-order valence-corrected chi connectivity index (χ4v) is 5.69. The fourth-order valence-electron chi connectivity index (χ4n) is 5.52. The number of aromatic nitrogens is 2. The molecule has 2 N–H and O–H groups in total. The number of thiocarbonyl (C=S) groups is 1. The van der Waals surface area contributed by atoms with Crippen LogP contribution in [0.4, 0.5) is 17.6 Å². The van der Waals surface area contributed by atoms with Crippen molar-refractivity contribution in [2.24, 2.45) is 0 Å². The minimum atomic E-state index is 0.127. The monoisotopic (exact) mass is 480 g/mol. The van der Waals surface area contributed by atoms with Crippen LogP contribution in [0.25, 0.3) is 0 Å². The lowest BCUT2D eigenvalue weighted by Gasteiger charge is -2.38. The number of anilines is 3. The SMILES string of the molecule is S=C(NCC1(c2ccccc2)CCCCC1)Nc1nc(N2CCCC2)cc(N2CCOCC2)n1. The third kappa shape index (κ3) is 5.44. The molecule has 1 aliphatic carbocycles. The van der Waals surface area contributed by atoms with E-state index in [1.54, 1.807) is 0 Å². The maximum Gasteiger partial charge on any atom is 0.232 e. The van der Waals surface area contributed by atoms with Gasteiger partial charge in [0.05, 0.1) is 13.2 Å². The van der Waals surface area contributed by atoms with Crippen LogP contribution < -0.4 is 20.4 Å². The van der Waals surface area contributed by atoms with E-state index in [2.05, 4.69) is 56.8 Å². The molecule has 1 aromatic carbocycles. The van der Waals surface area contributed by atoms with Gasteiger partial charge in [0.1, 0.15) is 11.6 Å². The van der Waals surface area contributed by atoms with Crippen molar-refractivity contribution >= 4 is 34.9 Å². The Morgan fingerprint density at radius 1 is 0.882 bits per heavy atom. The average Bonchev–Trinajstić information content (AvgIpc) is 3.44. The number of ether oxygens (including phenoxy) is 1. The molecule has 3 fully saturated rings. The van der Waals surface area contributed by atoms with Gasteiger partial charge in [-0.15, -0.1) is 0 Å². The molecule has 0 spiro atoms. The van der Waals surface area contributed by atoms with Gasteiger partial charge in [-0.3, -0.25) is 0 Å². The molecule has 34 heavy (non-hydrogen) atoms. The molecule has 3 aliphatic rings. The molecule has 182 valence electrons. The normalized spacial score (nSPS) is 20.2. The van der Waals surface area contributed by atoms with Crippen LogP contribution in [-0.4, -0.2) is 61.0 Å². The third-order valence-corrected chi connectivity index (χ3v) is 7.72. The van der Waals surface area contributed by atoms with E-state index in [0.29, 0.717) is 11.1 Å². The Balaban J connectivity index is 1.30. The summed E-state index contributed by atoms with van der Waals surface area (Å²) in [5.41, 5.74) is 1.54. The van der Waals surface area contributed by atoms with Crippen molar-refractivity contribution in [2.75, 3.05) is 61.1 Å². The van der Waals surface area contributed by atoms with E-state index in [1.165, 1.54) is 50.5 Å². The lowest BCUT2D eigenvalue weighted by Crippen LogP contribution is -2.43. The number of hydrogen-bond donors (Lipinski definition) is 2. The Bertz CT molecular complexity index is 953. The molecule has 0 atom stereocenters. The third-order valence-electron chi connectivity index (χ3n) is 7.47. The predicted octanol–water partition coefficient (Wildman–Crippen LogP) is 4.10. The highest BCUT2D eigenvalue weighted by molar-refractivity contribution is 7.80. The Morgan fingerprint density at radius 2 is 1.53 bits per heavy atom. The van der Waals surface area contributed by atoms with E-state index in [-0.39, 0.29) is 5.41 Å². The Labute approximate surface area is 208 Å². The van der Waals surface area contributed by atoms with Gasteiger partial charge in [0.2, 0.25) is 5.95 Å². The lowest BCUT2D eigenvalue weighted by molar-refractivity contribution is 0.122. The minimum absolute atomic E-state index is 0.127. The van der Waals surface area contributed by atoms with Crippen LogP contribution in [0.1, 0.15) is 50.5 Å². The standard InChI is InChI=1S/C26H36N6OS/c34-25(27-20-26(11-5-2-6-12-26)21-9-3-1-4-10-21)30-24-28-22(31-13-7-8-14-31)19-23(29-24)32-15-17-33-18-16-32/h1,3-4,9-10,19H,2,5-8,11-18,20H2,(H2,27,28,29,30,34). The summed E-state index contributed by atoms with van der Waals surface area (Å²) in [7, 11) is 0. The predicted molar refractivity (Wildman–Crippen MR) is 142 cm³/mol. The maximum atomic E-state index is 5.73. The van der Waals surface area contributed by atoms with Crippen LogP contribution in [-0.2, 0) is 10.2 Å². The Morgan fingerprint density at radius 3 is 2.21 bits per heavy atom. The highest BCUT2D eigenvalue weighted by Crippen LogP contribution is 2.39. The summed E-state index contributed by atoms with van der Waals surface area (Å²) in [5, 5.41) is 7.42. The van der Waals surface area contributed by atoms with Crippen LogP contribution in [0.3, 0.4) is 0 Å². The highest BCUT2D eigenvalue weighted by Gasteiger charge is 2.33. The summed E-state index contributed by atoms with van der Waals surface area (Å²) in [6, 6.07) is 13.0. The first-order valence-corrected chi connectivity index (χ1v) is 13.2. The second-order valence-corrected chi connectivity index (χ2v) is 10.1. The molecule has 2 saturated heterocycles. The van der Waals surface area contributed by atoms with Crippen molar-refractivity contribution < 1.29 is 4.74 Å². The number of rotatable bonds is 6. The van der Waals surface area contributed by atoms with Crippen molar-refractivity contribution in [3.63, 3.8) is 0 Å². The first kappa shape index (κ1) is 23.3. The highest BCUT2D eigenvalue weighted by atomic mass is 32.1. The molecular weight excluding hydrogens is 444 g/mol. The molecule has 7 nitrogen and oxygen atoms in total. The summed E-state index contributed by atoms with van der Waals surface area (Å²) in [5.74, 6) is 2.49. The molecular formula is C26H36N6OS. The van der Waals surface area contributed by atoms with E-state index >= 15 is 0 Å². The first-order chi connectivity index (χ1) is 16.7.